The lowest BCUT2D eigenvalue weighted by atomic mass is 9.76. The van der Waals surface area contributed by atoms with E-state index < -0.39 is 5.60 Å². The van der Waals surface area contributed by atoms with Crippen LogP contribution < -0.4 is 5.19 Å². The molecule has 0 aliphatic heterocycles. The maximum absolute atomic E-state index is 10.6. The number of benzene rings is 1. The Bertz CT molecular complexity index is 323. The van der Waals surface area contributed by atoms with Crippen molar-refractivity contribution < 1.29 is 5.11 Å². The average Bonchev–Trinajstić information content (AvgIpc) is 2.24. The van der Waals surface area contributed by atoms with Crippen LogP contribution in [0.15, 0.2) is 24.3 Å². The van der Waals surface area contributed by atoms with Crippen LogP contribution in [0.3, 0.4) is 0 Å². The van der Waals surface area contributed by atoms with Gasteiger partial charge >= 0.3 is 0 Å². The van der Waals surface area contributed by atoms with Crippen LogP contribution in [0.25, 0.3) is 0 Å². The molecule has 1 fully saturated rings. The van der Waals surface area contributed by atoms with Gasteiger partial charge in [-0.1, -0.05) is 36.4 Å². The van der Waals surface area contributed by atoms with Crippen LogP contribution in [0.4, 0.5) is 0 Å². The van der Waals surface area contributed by atoms with Crippen LogP contribution in [-0.4, -0.2) is 15.3 Å². The summed E-state index contributed by atoms with van der Waals surface area (Å²) in [6.07, 6.45) is 4.15. The Morgan fingerprint density at radius 2 is 1.73 bits per heavy atom. The lowest BCUT2D eigenvalue weighted by Crippen LogP contribution is -2.31. The molecule has 1 aliphatic rings. The summed E-state index contributed by atoms with van der Waals surface area (Å²) in [5.41, 5.74) is 0.580. The Kier molecular flexibility index (Phi) is 2.98. The molecule has 0 atom stereocenters. The molecular weight excluding hydrogens is 200 g/mol. The molecule has 0 saturated heterocycles. The fourth-order valence-corrected chi connectivity index (χ4v) is 2.73. The van der Waals surface area contributed by atoms with Gasteiger partial charge in [0, 0.05) is 10.2 Å². The van der Waals surface area contributed by atoms with E-state index in [0.29, 0.717) is 0 Å². The Labute approximate surface area is 94.9 Å². The van der Waals surface area contributed by atoms with E-state index >= 15 is 0 Å². The van der Waals surface area contributed by atoms with Crippen molar-refractivity contribution in [1.29, 1.82) is 0 Å². The molecule has 15 heavy (non-hydrogen) atoms. The second kappa shape index (κ2) is 4.10. The molecule has 82 valence electrons. The number of aliphatic hydroxyl groups is 1. The second-order valence-corrected chi connectivity index (χ2v) is 6.23. The molecule has 1 aliphatic carbocycles. The summed E-state index contributed by atoms with van der Waals surface area (Å²) in [4.78, 5) is 0. The van der Waals surface area contributed by atoms with Crippen molar-refractivity contribution in [3.8, 4) is 0 Å². The first-order valence-corrected chi connectivity index (χ1v) is 6.90. The van der Waals surface area contributed by atoms with Crippen molar-refractivity contribution in [1.82, 2.24) is 0 Å². The van der Waals surface area contributed by atoms with Crippen molar-refractivity contribution in [2.75, 3.05) is 0 Å². The van der Waals surface area contributed by atoms with Gasteiger partial charge < -0.3 is 5.11 Å². The zero-order valence-corrected chi connectivity index (χ0v) is 11.7. The third kappa shape index (κ3) is 2.32. The molecule has 0 aromatic heterocycles. The van der Waals surface area contributed by atoms with E-state index in [-0.39, 0.29) is 0 Å². The minimum absolute atomic E-state index is 0.540. The van der Waals surface area contributed by atoms with Gasteiger partial charge in [-0.3, -0.25) is 0 Å². The molecule has 0 unspecified atom stereocenters. The fourth-order valence-electron chi connectivity index (χ4n) is 2.39. The van der Waals surface area contributed by atoms with Crippen LogP contribution in [-0.2, 0) is 5.60 Å². The molecule has 2 rings (SSSR count). The molecular formula is C13H20OSi. The smallest absolute Gasteiger partial charge is 0.0896 e. The Balaban J connectivity index is 2.18. The highest BCUT2D eigenvalue weighted by Crippen LogP contribution is 2.38. The molecule has 1 N–H and O–H groups in total. The van der Waals surface area contributed by atoms with Crippen molar-refractivity contribution in [2.45, 2.75) is 38.2 Å². The largest absolute Gasteiger partial charge is 0.385 e. The van der Waals surface area contributed by atoms with Crippen molar-refractivity contribution >= 4 is 15.4 Å². The summed E-state index contributed by atoms with van der Waals surface area (Å²) < 4.78 is 0. The van der Waals surface area contributed by atoms with Gasteiger partial charge in [0.25, 0.3) is 0 Å². The van der Waals surface area contributed by atoms with E-state index in [9.17, 15) is 5.11 Å². The Morgan fingerprint density at radius 3 is 2.27 bits per heavy atom. The number of hydrogen-bond acceptors (Lipinski definition) is 1. The fraction of sp³-hybridized carbons (Fsp3) is 0.538. The van der Waals surface area contributed by atoms with Crippen molar-refractivity contribution in [2.24, 2.45) is 5.92 Å². The zero-order chi connectivity index (χ0) is 10.9. The maximum Gasteiger partial charge on any atom is 0.0896 e. The Hall–Kier alpha value is -0.603. The summed E-state index contributed by atoms with van der Waals surface area (Å²) >= 11 is 0. The van der Waals surface area contributed by atoms with Gasteiger partial charge in [-0.25, -0.2) is 0 Å². The van der Waals surface area contributed by atoms with Gasteiger partial charge in [-0.15, -0.1) is 0 Å². The predicted octanol–water partition coefficient (Wildman–Crippen LogP) is 1.07. The molecule has 1 aromatic rings. The topological polar surface area (TPSA) is 20.2 Å². The highest BCUT2D eigenvalue weighted by Gasteiger charge is 2.33. The number of rotatable bonds is 1. The lowest BCUT2D eigenvalue weighted by Gasteiger charge is -2.35. The first-order chi connectivity index (χ1) is 7.10. The molecule has 1 nitrogen and oxygen atoms in total. The van der Waals surface area contributed by atoms with E-state index in [1.807, 2.05) is 0 Å². The monoisotopic (exact) mass is 220 g/mol. The number of hydrogen-bond donors (Lipinski definition) is 1. The van der Waals surface area contributed by atoms with Gasteiger partial charge in [0.15, 0.2) is 0 Å². The van der Waals surface area contributed by atoms with Crippen LogP contribution in [0, 0.1) is 5.92 Å². The van der Waals surface area contributed by atoms with Gasteiger partial charge in [-0.05, 0) is 37.2 Å². The van der Waals surface area contributed by atoms with Crippen molar-refractivity contribution in [3.05, 3.63) is 29.8 Å². The van der Waals surface area contributed by atoms with Crippen LogP contribution in [0.2, 0.25) is 0 Å². The average molecular weight is 220 g/mol. The molecule has 1 saturated carbocycles. The summed E-state index contributed by atoms with van der Waals surface area (Å²) in [6.45, 7) is 2.28. The van der Waals surface area contributed by atoms with E-state index in [1.165, 1.54) is 5.19 Å². The molecule has 0 radical (unpaired) electrons. The molecule has 1 aromatic carbocycles. The maximum atomic E-state index is 10.6. The highest BCUT2D eigenvalue weighted by atomic mass is 28.1. The molecule has 0 bridgehead atoms. The first kappa shape index (κ1) is 10.9. The first-order valence-electron chi connectivity index (χ1n) is 5.90. The third-order valence-corrected chi connectivity index (χ3v) is 4.36. The summed E-state index contributed by atoms with van der Waals surface area (Å²) in [5.74, 6) is 0.781. The summed E-state index contributed by atoms with van der Waals surface area (Å²) in [6, 6.07) is 8.52. The van der Waals surface area contributed by atoms with E-state index in [4.69, 9.17) is 0 Å². The van der Waals surface area contributed by atoms with Gasteiger partial charge in [0.2, 0.25) is 0 Å². The molecule has 2 heteroatoms. The quantitative estimate of drug-likeness (QED) is 0.702. The Morgan fingerprint density at radius 1 is 1.20 bits per heavy atom. The van der Waals surface area contributed by atoms with Crippen molar-refractivity contribution in [3.63, 3.8) is 0 Å². The molecule has 0 heterocycles. The SMILES string of the molecule is CC1CCC(O)(c2ccc([SiH3])cc2)CC1. The lowest BCUT2D eigenvalue weighted by molar-refractivity contribution is -0.0119. The summed E-state index contributed by atoms with van der Waals surface area (Å²) in [5, 5.41) is 12.0. The minimum atomic E-state index is -0.540. The normalized spacial score (nSPS) is 31.7. The highest BCUT2D eigenvalue weighted by molar-refractivity contribution is 6.32. The van der Waals surface area contributed by atoms with Crippen LogP contribution >= 0.6 is 0 Å². The summed E-state index contributed by atoms with van der Waals surface area (Å²) in [7, 11) is 1.09. The van der Waals surface area contributed by atoms with E-state index in [0.717, 1.165) is 47.4 Å². The second-order valence-electron chi connectivity index (χ2n) is 5.08. The van der Waals surface area contributed by atoms with Crippen LogP contribution in [0.5, 0.6) is 0 Å². The third-order valence-electron chi connectivity index (χ3n) is 3.69. The van der Waals surface area contributed by atoms with Gasteiger partial charge in [0.1, 0.15) is 0 Å². The molecule has 0 amide bonds. The predicted molar refractivity (Wildman–Crippen MR) is 67.5 cm³/mol. The van der Waals surface area contributed by atoms with E-state index in [2.05, 4.69) is 31.2 Å². The zero-order valence-electron chi connectivity index (χ0n) is 9.66. The van der Waals surface area contributed by atoms with E-state index in [1.54, 1.807) is 0 Å². The molecule has 0 spiro atoms. The standard InChI is InChI=1S/C13H20OSi/c1-10-6-8-13(14,9-7-10)11-2-4-12(15)5-3-11/h2-5,10,14H,6-9H2,1,15H3. The van der Waals surface area contributed by atoms with Gasteiger partial charge in [0.05, 0.1) is 5.60 Å². The van der Waals surface area contributed by atoms with Crippen LogP contribution in [0.1, 0.15) is 38.2 Å². The minimum Gasteiger partial charge on any atom is -0.385 e. The van der Waals surface area contributed by atoms with Gasteiger partial charge in [-0.2, -0.15) is 0 Å².